The van der Waals surface area contributed by atoms with Crippen molar-refractivity contribution in [1.29, 1.82) is 0 Å². The topological polar surface area (TPSA) is 38.3 Å². The van der Waals surface area contributed by atoms with Crippen LogP contribution in [0.4, 0.5) is 0 Å². The fraction of sp³-hybridized carbons (Fsp3) is 0.400. The van der Waals surface area contributed by atoms with Gasteiger partial charge in [-0.05, 0) is 50.0 Å². The van der Waals surface area contributed by atoms with Crippen molar-refractivity contribution in [2.45, 2.75) is 19.3 Å². The number of halogens is 1. The van der Waals surface area contributed by atoms with Crippen LogP contribution in [0.1, 0.15) is 35.2 Å². The van der Waals surface area contributed by atoms with Crippen molar-refractivity contribution in [1.82, 2.24) is 5.32 Å². The van der Waals surface area contributed by atoms with Gasteiger partial charge in [0.25, 0.3) is 0 Å². The largest absolute Gasteiger partial charge is 0.465 e. The smallest absolute Gasteiger partial charge is 0.337 e. The summed E-state index contributed by atoms with van der Waals surface area (Å²) in [7, 11) is 1.40. The predicted molar refractivity (Wildman–Crippen MR) is 79.7 cm³/mol. The van der Waals surface area contributed by atoms with Gasteiger partial charge in [-0.15, -0.1) is 12.4 Å². The van der Waals surface area contributed by atoms with E-state index in [0.717, 1.165) is 31.5 Å². The van der Waals surface area contributed by atoms with Gasteiger partial charge >= 0.3 is 5.97 Å². The fourth-order valence-corrected chi connectivity index (χ4v) is 2.15. The molecule has 4 heteroatoms. The van der Waals surface area contributed by atoms with E-state index in [4.69, 9.17) is 0 Å². The molecular formula is C15H20ClNO2. The molecule has 1 aliphatic rings. The Morgan fingerprint density at radius 3 is 2.63 bits per heavy atom. The molecular weight excluding hydrogens is 262 g/mol. The van der Waals surface area contributed by atoms with E-state index >= 15 is 0 Å². The molecule has 0 amide bonds. The Morgan fingerprint density at radius 1 is 1.21 bits per heavy atom. The molecule has 3 nitrogen and oxygen atoms in total. The molecule has 1 N–H and O–H groups in total. The van der Waals surface area contributed by atoms with Crippen molar-refractivity contribution in [3.8, 4) is 0 Å². The molecule has 19 heavy (non-hydrogen) atoms. The summed E-state index contributed by atoms with van der Waals surface area (Å²) < 4.78 is 4.68. The number of esters is 1. The monoisotopic (exact) mass is 281 g/mol. The standard InChI is InChI=1S/C15H19NO2.ClH/c1-18-15(17)14-6-4-13(5-7-14)11-12-3-2-9-16-10-8-12;/h4-7,11,16H,2-3,8-10H2,1H3;1H/b12-11-;. The third kappa shape index (κ3) is 4.69. The second-order valence-electron chi connectivity index (χ2n) is 4.52. The van der Waals surface area contributed by atoms with Gasteiger partial charge in [-0.3, -0.25) is 0 Å². The molecule has 0 aromatic heterocycles. The summed E-state index contributed by atoms with van der Waals surface area (Å²) in [4.78, 5) is 11.3. The van der Waals surface area contributed by atoms with Gasteiger partial charge in [-0.25, -0.2) is 4.79 Å². The normalized spacial score (nSPS) is 17.4. The third-order valence-electron chi connectivity index (χ3n) is 3.18. The molecule has 1 saturated heterocycles. The minimum Gasteiger partial charge on any atom is -0.465 e. The van der Waals surface area contributed by atoms with Crippen molar-refractivity contribution in [3.05, 3.63) is 41.0 Å². The highest BCUT2D eigenvalue weighted by Crippen LogP contribution is 2.17. The molecule has 1 fully saturated rings. The second kappa shape index (κ2) is 7.97. The Morgan fingerprint density at radius 2 is 1.95 bits per heavy atom. The highest BCUT2D eigenvalue weighted by Gasteiger charge is 2.05. The summed E-state index contributed by atoms with van der Waals surface area (Å²) in [5, 5.41) is 3.39. The maximum atomic E-state index is 11.3. The van der Waals surface area contributed by atoms with E-state index in [9.17, 15) is 4.79 Å². The molecule has 1 aliphatic heterocycles. The van der Waals surface area contributed by atoms with E-state index in [2.05, 4.69) is 16.1 Å². The summed E-state index contributed by atoms with van der Waals surface area (Å²) in [6.07, 6.45) is 5.70. The lowest BCUT2D eigenvalue weighted by Gasteiger charge is -2.03. The highest BCUT2D eigenvalue weighted by atomic mass is 35.5. The maximum Gasteiger partial charge on any atom is 0.337 e. The van der Waals surface area contributed by atoms with E-state index in [-0.39, 0.29) is 18.4 Å². The predicted octanol–water partition coefficient (Wildman–Crippen LogP) is 3.05. The van der Waals surface area contributed by atoms with Crippen molar-refractivity contribution in [2.75, 3.05) is 20.2 Å². The molecule has 1 aromatic carbocycles. The van der Waals surface area contributed by atoms with Gasteiger partial charge in [0.1, 0.15) is 0 Å². The van der Waals surface area contributed by atoms with Crippen LogP contribution >= 0.6 is 12.4 Å². The highest BCUT2D eigenvalue weighted by molar-refractivity contribution is 5.89. The van der Waals surface area contributed by atoms with Crippen LogP contribution in [0, 0.1) is 0 Å². The molecule has 104 valence electrons. The summed E-state index contributed by atoms with van der Waals surface area (Å²) in [5.41, 5.74) is 3.23. The van der Waals surface area contributed by atoms with E-state index in [1.165, 1.54) is 19.1 Å². The molecule has 0 aliphatic carbocycles. The number of carbonyl (C=O) groups excluding carboxylic acids is 1. The molecule has 2 rings (SSSR count). The lowest BCUT2D eigenvalue weighted by atomic mass is 10.0. The minimum absolute atomic E-state index is 0. The van der Waals surface area contributed by atoms with E-state index < -0.39 is 0 Å². The van der Waals surface area contributed by atoms with Crippen LogP contribution in [0.15, 0.2) is 29.8 Å². The van der Waals surface area contributed by atoms with Crippen LogP contribution in [-0.4, -0.2) is 26.2 Å². The Bertz CT molecular complexity index is 430. The van der Waals surface area contributed by atoms with Gasteiger partial charge < -0.3 is 10.1 Å². The number of benzene rings is 1. The average Bonchev–Trinajstić information content (AvgIpc) is 2.67. The summed E-state index contributed by atoms with van der Waals surface area (Å²) >= 11 is 0. The van der Waals surface area contributed by atoms with Gasteiger partial charge in [0, 0.05) is 0 Å². The van der Waals surface area contributed by atoms with Crippen LogP contribution < -0.4 is 5.32 Å². The molecule has 1 heterocycles. The number of rotatable bonds is 2. The van der Waals surface area contributed by atoms with Crippen molar-refractivity contribution >= 4 is 24.5 Å². The second-order valence-corrected chi connectivity index (χ2v) is 4.52. The number of carbonyl (C=O) groups is 1. The van der Waals surface area contributed by atoms with Gasteiger partial charge in [-0.1, -0.05) is 23.8 Å². The number of methoxy groups -OCH3 is 1. The summed E-state index contributed by atoms with van der Waals surface area (Å²) in [6.45, 7) is 2.17. The Balaban J connectivity index is 0.00000180. The van der Waals surface area contributed by atoms with Crippen molar-refractivity contribution in [2.24, 2.45) is 0 Å². The first-order valence-electron chi connectivity index (χ1n) is 6.38. The average molecular weight is 282 g/mol. The van der Waals surface area contributed by atoms with E-state index in [1.807, 2.05) is 24.3 Å². The SMILES string of the molecule is COC(=O)c1ccc(/C=C2/CCCNCC2)cc1.Cl. The lowest BCUT2D eigenvalue weighted by molar-refractivity contribution is 0.0601. The van der Waals surface area contributed by atoms with Gasteiger partial charge in [0.2, 0.25) is 0 Å². The number of hydrogen-bond acceptors (Lipinski definition) is 3. The van der Waals surface area contributed by atoms with Crippen LogP contribution in [-0.2, 0) is 4.74 Å². The maximum absolute atomic E-state index is 11.3. The first-order valence-corrected chi connectivity index (χ1v) is 6.38. The molecule has 0 radical (unpaired) electrons. The zero-order chi connectivity index (χ0) is 12.8. The quantitative estimate of drug-likeness (QED) is 0.847. The van der Waals surface area contributed by atoms with Crippen molar-refractivity contribution < 1.29 is 9.53 Å². The molecule has 0 atom stereocenters. The molecule has 0 bridgehead atoms. The van der Waals surface area contributed by atoms with Crippen LogP contribution in [0.3, 0.4) is 0 Å². The van der Waals surface area contributed by atoms with Crippen LogP contribution in [0.25, 0.3) is 6.08 Å². The van der Waals surface area contributed by atoms with E-state index in [1.54, 1.807) is 0 Å². The molecule has 1 aromatic rings. The minimum atomic E-state index is -0.284. The Labute approximate surface area is 120 Å². The van der Waals surface area contributed by atoms with E-state index in [0.29, 0.717) is 5.56 Å². The van der Waals surface area contributed by atoms with Crippen LogP contribution in [0.2, 0.25) is 0 Å². The van der Waals surface area contributed by atoms with Crippen LogP contribution in [0.5, 0.6) is 0 Å². The first kappa shape index (κ1) is 15.7. The molecule has 0 unspecified atom stereocenters. The lowest BCUT2D eigenvalue weighted by Crippen LogP contribution is -2.13. The first-order chi connectivity index (χ1) is 8.79. The Kier molecular flexibility index (Phi) is 6.60. The third-order valence-corrected chi connectivity index (χ3v) is 3.18. The zero-order valence-corrected chi connectivity index (χ0v) is 12.0. The number of hydrogen-bond donors (Lipinski definition) is 1. The summed E-state index contributed by atoms with van der Waals surface area (Å²) in [5.74, 6) is -0.284. The van der Waals surface area contributed by atoms with Gasteiger partial charge in [0.15, 0.2) is 0 Å². The van der Waals surface area contributed by atoms with Crippen molar-refractivity contribution in [3.63, 3.8) is 0 Å². The number of nitrogens with one attached hydrogen (secondary N) is 1. The van der Waals surface area contributed by atoms with Gasteiger partial charge in [-0.2, -0.15) is 0 Å². The zero-order valence-electron chi connectivity index (χ0n) is 11.1. The Hall–Kier alpha value is -1.32. The number of ether oxygens (including phenoxy) is 1. The van der Waals surface area contributed by atoms with Gasteiger partial charge in [0.05, 0.1) is 12.7 Å². The molecule has 0 spiro atoms. The fourth-order valence-electron chi connectivity index (χ4n) is 2.15. The summed E-state index contributed by atoms with van der Waals surface area (Å²) in [6, 6.07) is 7.56. The molecule has 0 saturated carbocycles.